The van der Waals surface area contributed by atoms with Gasteiger partial charge in [0.1, 0.15) is 18.2 Å². The summed E-state index contributed by atoms with van der Waals surface area (Å²) >= 11 is 6.04. The van der Waals surface area contributed by atoms with Crippen LogP contribution in [0.5, 0.6) is 5.75 Å². The number of hydrogen-bond acceptors (Lipinski definition) is 6. The Morgan fingerprint density at radius 2 is 1.94 bits per heavy atom. The molecule has 1 N–H and O–H groups in total. The second kappa shape index (κ2) is 10.9. The number of nitrogens with one attached hydrogen (secondary N) is 1. The minimum atomic E-state index is -3.79. The molecule has 0 spiro atoms. The van der Waals surface area contributed by atoms with Gasteiger partial charge in [-0.3, -0.25) is 19.2 Å². The topological polar surface area (TPSA) is 119 Å². The number of hydrogen-bond donors (Lipinski definition) is 1. The van der Waals surface area contributed by atoms with Crippen LogP contribution in [0, 0.1) is 15.9 Å². The van der Waals surface area contributed by atoms with Crippen LogP contribution in [0.2, 0.25) is 5.02 Å². The molecule has 1 amide bonds. The third-order valence-electron chi connectivity index (χ3n) is 4.08. The molecule has 0 saturated heterocycles. The molecule has 0 fully saturated rings. The lowest BCUT2D eigenvalue weighted by Crippen LogP contribution is -2.33. The van der Waals surface area contributed by atoms with Crippen LogP contribution in [0.3, 0.4) is 0 Å². The van der Waals surface area contributed by atoms with Gasteiger partial charge in [-0.1, -0.05) is 11.6 Å². The number of carbonyl (C=O) groups is 1. The van der Waals surface area contributed by atoms with Gasteiger partial charge in [0.2, 0.25) is 15.9 Å². The van der Waals surface area contributed by atoms with Gasteiger partial charge in [-0.15, -0.1) is 0 Å². The highest BCUT2D eigenvalue weighted by atomic mass is 35.5. The Kier molecular flexibility index (Phi) is 8.57. The van der Waals surface area contributed by atoms with Crippen molar-refractivity contribution in [1.82, 2.24) is 5.32 Å². The van der Waals surface area contributed by atoms with Crippen LogP contribution in [-0.2, 0) is 14.8 Å². The number of anilines is 1. The number of rotatable bonds is 11. The Morgan fingerprint density at radius 3 is 2.55 bits per heavy atom. The van der Waals surface area contributed by atoms with Crippen LogP contribution in [0.25, 0.3) is 0 Å². The van der Waals surface area contributed by atoms with Crippen molar-refractivity contribution in [2.24, 2.45) is 0 Å². The van der Waals surface area contributed by atoms with Gasteiger partial charge in [0.25, 0.3) is 5.69 Å². The SMILES string of the molecule is CS(=O)(=O)N(CCCC(=O)NCCOc1ccc(F)cc1)c1cc([N+](=O)[O-])ccc1Cl. The summed E-state index contributed by atoms with van der Waals surface area (Å²) in [6.07, 6.45) is 1.14. The highest BCUT2D eigenvalue weighted by molar-refractivity contribution is 7.92. The van der Waals surface area contributed by atoms with Gasteiger partial charge < -0.3 is 10.1 Å². The summed E-state index contributed by atoms with van der Waals surface area (Å²) in [6.45, 7) is 0.304. The van der Waals surface area contributed by atoms with Gasteiger partial charge in [-0.2, -0.15) is 0 Å². The molecule has 0 aliphatic rings. The summed E-state index contributed by atoms with van der Waals surface area (Å²) in [7, 11) is -3.79. The largest absolute Gasteiger partial charge is 0.492 e. The first-order chi connectivity index (χ1) is 14.6. The van der Waals surface area contributed by atoms with E-state index in [1.165, 1.54) is 36.4 Å². The Labute approximate surface area is 184 Å². The van der Waals surface area contributed by atoms with E-state index in [9.17, 15) is 27.7 Å². The summed E-state index contributed by atoms with van der Waals surface area (Å²) in [5, 5.41) is 13.7. The Hall–Kier alpha value is -2.92. The van der Waals surface area contributed by atoms with E-state index in [2.05, 4.69) is 5.32 Å². The third kappa shape index (κ3) is 7.68. The number of non-ortho nitro benzene ring substituents is 1. The molecular formula is C19H21ClFN3O6S. The lowest BCUT2D eigenvalue weighted by molar-refractivity contribution is -0.384. The van der Waals surface area contributed by atoms with Crippen molar-refractivity contribution < 1.29 is 27.3 Å². The molecule has 0 aliphatic carbocycles. The smallest absolute Gasteiger partial charge is 0.271 e. The molecular weight excluding hydrogens is 453 g/mol. The van der Waals surface area contributed by atoms with E-state index < -0.39 is 14.9 Å². The van der Waals surface area contributed by atoms with Crippen molar-refractivity contribution in [2.75, 3.05) is 30.3 Å². The summed E-state index contributed by atoms with van der Waals surface area (Å²) in [5.41, 5.74) is -0.321. The number of nitro groups is 1. The maximum atomic E-state index is 12.8. The molecule has 2 rings (SSSR count). The van der Waals surface area contributed by atoms with Crippen LogP contribution < -0.4 is 14.4 Å². The van der Waals surface area contributed by atoms with Gasteiger partial charge in [0, 0.05) is 25.1 Å². The Balaban J connectivity index is 1.86. The summed E-state index contributed by atoms with van der Waals surface area (Å²) in [5.74, 6) is -0.232. The van der Waals surface area contributed by atoms with Crippen LogP contribution in [0.4, 0.5) is 15.8 Å². The lowest BCUT2D eigenvalue weighted by atomic mass is 10.2. The number of amides is 1. The van der Waals surface area contributed by atoms with Gasteiger partial charge in [-0.25, -0.2) is 12.8 Å². The first kappa shape index (κ1) is 24.4. The molecule has 0 radical (unpaired) electrons. The third-order valence-corrected chi connectivity index (χ3v) is 5.58. The Bertz CT molecular complexity index is 1030. The molecule has 2 aromatic carbocycles. The van der Waals surface area contributed by atoms with E-state index in [-0.39, 0.29) is 60.7 Å². The van der Waals surface area contributed by atoms with E-state index in [1.54, 1.807) is 0 Å². The average Bonchev–Trinajstić information content (AvgIpc) is 2.69. The molecule has 168 valence electrons. The molecule has 0 heterocycles. The van der Waals surface area contributed by atoms with Gasteiger partial charge in [0.15, 0.2) is 0 Å². The molecule has 12 heteroatoms. The van der Waals surface area contributed by atoms with E-state index in [4.69, 9.17) is 16.3 Å². The number of halogens is 2. The summed E-state index contributed by atoms with van der Waals surface area (Å²) in [6, 6.07) is 8.96. The molecule has 2 aromatic rings. The first-order valence-electron chi connectivity index (χ1n) is 9.14. The quantitative estimate of drug-likeness (QED) is 0.304. The zero-order valence-electron chi connectivity index (χ0n) is 16.6. The van der Waals surface area contributed by atoms with E-state index in [1.807, 2.05) is 0 Å². The maximum absolute atomic E-state index is 12.8. The van der Waals surface area contributed by atoms with Crippen molar-refractivity contribution in [2.45, 2.75) is 12.8 Å². The second-order valence-electron chi connectivity index (χ2n) is 6.48. The number of benzene rings is 2. The monoisotopic (exact) mass is 473 g/mol. The standard InChI is InChI=1S/C19H21ClFN3O6S/c1-31(28,29)23(18-13-15(24(26)27)6-9-17(18)20)11-2-3-19(25)22-10-12-30-16-7-4-14(21)5-8-16/h4-9,13H,2-3,10-12H2,1H3,(H,22,25). The Morgan fingerprint density at radius 1 is 1.26 bits per heavy atom. The minimum absolute atomic E-state index is 0.0218. The molecule has 0 atom stereocenters. The summed E-state index contributed by atoms with van der Waals surface area (Å²) < 4.78 is 43.5. The number of carbonyl (C=O) groups excluding carboxylic acids is 1. The maximum Gasteiger partial charge on any atom is 0.271 e. The highest BCUT2D eigenvalue weighted by Crippen LogP contribution is 2.31. The van der Waals surface area contributed by atoms with Crippen LogP contribution >= 0.6 is 11.6 Å². The predicted octanol–water partition coefficient (Wildman–Crippen LogP) is 3.13. The molecule has 0 bridgehead atoms. The van der Waals surface area contributed by atoms with Crippen molar-refractivity contribution in [1.29, 1.82) is 0 Å². The van der Waals surface area contributed by atoms with Crippen LogP contribution in [0.15, 0.2) is 42.5 Å². The predicted molar refractivity (Wildman–Crippen MR) is 114 cm³/mol. The van der Waals surface area contributed by atoms with Crippen LogP contribution in [-0.4, -0.2) is 45.2 Å². The van der Waals surface area contributed by atoms with Crippen molar-refractivity contribution in [3.8, 4) is 5.75 Å². The highest BCUT2D eigenvalue weighted by Gasteiger charge is 2.22. The van der Waals surface area contributed by atoms with Gasteiger partial charge >= 0.3 is 0 Å². The fourth-order valence-corrected chi connectivity index (χ4v) is 3.87. The molecule has 0 aromatic heterocycles. The number of nitrogens with zero attached hydrogens (tertiary/aromatic N) is 2. The van der Waals surface area contributed by atoms with Crippen LogP contribution in [0.1, 0.15) is 12.8 Å². The molecule has 0 unspecified atom stereocenters. The fourth-order valence-electron chi connectivity index (χ4n) is 2.63. The van der Waals surface area contributed by atoms with Gasteiger partial charge in [-0.05, 0) is 36.8 Å². The van der Waals surface area contributed by atoms with E-state index >= 15 is 0 Å². The zero-order valence-corrected chi connectivity index (χ0v) is 18.2. The van der Waals surface area contributed by atoms with Crippen molar-refractivity contribution in [3.63, 3.8) is 0 Å². The number of sulfonamides is 1. The minimum Gasteiger partial charge on any atom is -0.492 e. The normalized spacial score (nSPS) is 11.1. The van der Waals surface area contributed by atoms with Crippen molar-refractivity contribution >= 4 is 38.9 Å². The zero-order chi connectivity index (χ0) is 23.0. The average molecular weight is 474 g/mol. The van der Waals surface area contributed by atoms with E-state index in [0.717, 1.165) is 16.6 Å². The van der Waals surface area contributed by atoms with Gasteiger partial charge in [0.05, 0.1) is 28.4 Å². The second-order valence-corrected chi connectivity index (χ2v) is 8.80. The van der Waals surface area contributed by atoms with E-state index in [0.29, 0.717) is 5.75 Å². The summed E-state index contributed by atoms with van der Waals surface area (Å²) in [4.78, 5) is 22.3. The molecule has 0 aliphatic heterocycles. The lowest BCUT2D eigenvalue weighted by Gasteiger charge is -2.23. The molecule has 9 nitrogen and oxygen atoms in total. The molecule has 0 saturated carbocycles. The number of ether oxygens (including phenoxy) is 1. The van der Waals surface area contributed by atoms with Crippen molar-refractivity contribution in [3.05, 3.63) is 63.4 Å². The fraction of sp³-hybridized carbons (Fsp3) is 0.316. The first-order valence-corrected chi connectivity index (χ1v) is 11.4. The molecule has 31 heavy (non-hydrogen) atoms. The number of nitro benzene ring substituents is 1.